The van der Waals surface area contributed by atoms with Crippen LogP contribution in [0.1, 0.15) is 51.4 Å². The highest BCUT2D eigenvalue weighted by atomic mass is 15.1. The molecule has 0 radical (unpaired) electrons. The lowest BCUT2D eigenvalue weighted by Gasteiger charge is -2.06. The third kappa shape index (κ3) is 11.4. The van der Waals surface area contributed by atoms with Crippen molar-refractivity contribution in [3.63, 3.8) is 0 Å². The lowest BCUT2D eigenvalue weighted by molar-refractivity contribution is -0.697. The molecule has 0 fully saturated rings. The summed E-state index contributed by atoms with van der Waals surface area (Å²) in [6.45, 7) is 4.18. The van der Waals surface area contributed by atoms with Gasteiger partial charge in [-0.1, -0.05) is 25.0 Å². The Labute approximate surface area is 239 Å². The molecule has 2 N–H and O–H groups in total. The van der Waals surface area contributed by atoms with Crippen molar-refractivity contribution in [1.29, 1.82) is 0 Å². The first kappa shape index (κ1) is 28.9. The molecule has 4 aromatic rings. The highest BCUT2D eigenvalue weighted by Crippen LogP contribution is 2.22. The Balaban J connectivity index is 1.04. The fourth-order valence-electron chi connectivity index (χ4n) is 4.59. The lowest BCUT2D eigenvalue weighted by atomic mass is 10.2. The van der Waals surface area contributed by atoms with E-state index in [0.29, 0.717) is 0 Å². The predicted molar refractivity (Wildman–Crippen MR) is 164 cm³/mol. The maximum absolute atomic E-state index is 4.40. The molecular formula is C34H44N6+2. The van der Waals surface area contributed by atoms with Crippen LogP contribution >= 0.6 is 0 Å². The van der Waals surface area contributed by atoms with Crippen molar-refractivity contribution >= 4 is 22.7 Å². The van der Waals surface area contributed by atoms with Gasteiger partial charge in [0.15, 0.2) is 24.8 Å². The summed E-state index contributed by atoms with van der Waals surface area (Å²) in [5.41, 5.74) is 3.97. The van der Waals surface area contributed by atoms with Gasteiger partial charge in [0, 0.05) is 61.6 Å². The first-order valence-corrected chi connectivity index (χ1v) is 14.8. The van der Waals surface area contributed by atoms with Crippen LogP contribution in [0.4, 0.5) is 22.7 Å². The van der Waals surface area contributed by atoms with Crippen LogP contribution in [0.5, 0.6) is 0 Å². The molecule has 2 aromatic heterocycles. The molecule has 0 aliphatic carbocycles. The summed E-state index contributed by atoms with van der Waals surface area (Å²) in [6, 6.07) is 28.8. The Kier molecular flexibility index (Phi) is 12.7. The summed E-state index contributed by atoms with van der Waals surface area (Å²) in [5.74, 6) is 0. The summed E-state index contributed by atoms with van der Waals surface area (Å²) in [4.78, 5) is 0. The van der Waals surface area contributed by atoms with E-state index in [1.165, 1.54) is 51.4 Å². The number of hydrogen-bond donors (Lipinski definition) is 2. The van der Waals surface area contributed by atoms with Gasteiger partial charge in [-0.2, -0.15) is 10.2 Å². The summed E-state index contributed by atoms with van der Waals surface area (Å²) < 4.78 is 4.50. The maximum atomic E-state index is 4.40. The standard InChI is InChI=1S/C34H44N6/c1(3-9-25-39-27-11-5-12-28-39)7-23-35-31-15-19-33(20-16-31)37-38-34-21-17-32(18-22-34)36-24-8-2-4-10-26-40-29-13-6-14-30-40/h5-6,11-22,27-30,35-36H,1-4,7-10,23-26H2/q+2. The van der Waals surface area contributed by atoms with Crippen molar-refractivity contribution in [3.8, 4) is 0 Å². The quantitative estimate of drug-likeness (QED) is 0.0768. The maximum Gasteiger partial charge on any atom is 0.168 e. The molecule has 4 rings (SSSR count). The van der Waals surface area contributed by atoms with Crippen LogP contribution in [0.3, 0.4) is 0 Å². The number of anilines is 2. The van der Waals surface area contributed by atoms with E-state index in [9.17, 15) is 0 Å². The molecule has 0 atom stereocenters. The highest BCUT2D eigenvalue weighted by Gasteiger charge is 2.00. The topological polar surface area (TPSA) is 56.5 Å². The number of rotatable bonds is 18. The van der Waals surface area contributed by atoms with E-state index >= 15 is 0 Å². The Hall–Kier alpha value is -4.06. The second-order valence-corrected chi connectivity index (χ2v) is 10.2. The predicted octanol–water partition coefficient (Wildman–Crippen LogP) is 8.02. The first-order chi connectivity index (χ1) is 19.8. The zero-order chi connectivity index (χ0) is 27.5. The van der Waals surface area contributed by atoms with Gasteiger partial charge >= 0.3 is 0 Å². The van der Waals surface area contributed by atoms with Crippen molar-refractivity contribution in [3.05, 3.63) is 110 Å². The second kappa shape index (κ2) is 17.5. The number of azo groups is 1. The summed E-state index contributed by atoms with van der Waals surface area (Å²) in [7, 11) is 0. The molecule has 0 spiro atoms. The summed E-state index contributed by atoms with van der Waals surface area (Å²) in [6.07, 6.45) is 18.4. The molecule has 0 saturated carbocycles. The Morgan fingerprint density at radius 1 is 0.425 bits per heavy atom. The molecule has 0 amide bonds. The molecule has 208 valence electrons. The van der Waals surface area contributed by atoms with E-state index in [2.05, 4.69) is 115 Å². The Morgan fingerprint density at radius 3 is 1.20 bits per heavy atom. The monoisotopic (exact) mass is 536 g/mol. The minimum Gasteiger partial charge on any atom is -0.385 e. The molecule has 2 heterocycles. The number of nitrogens with one attached hydrogen (secondary N) is 2. The van der Waals surface area contributed by atoms with Gasteiger partial charge in [-0.3, -0.25) is 0 Å². The third-order valence-electron chi connectivity index (χ3n) is 6.91. The number of hydrogen-bond acceptors (Lipinski definition) is 4. The highest BCUT2D eigenvalue weighted by molar-refractivity contribution is 5.52. The van der Waals surface area contributed by atoms with E-state index in [1.807, 2.05) is 24.3 Å². The fourth-order valence-corrected chi connectivity index (χ4v) is 4.59. The molecule has 6 heteroatoms. The van der Waals surface area contributed by atoms with Crippen LogP contribution in [0.2, 0.25) is 0 Å². The zero-order valence-electron chi connectivity index (χ0n) is 23.7. The zero-order valence-corrected chi connectivity index (χ0v) is 23.7. The van der Waals surface area contributed by atoms with Crippen LogP contribution in [0.15, 0.2) is 120 Å². The summed E-state index contributed by atoms with van der Waals surface area (Å²) >= 11 is 0. The van der Waals surface area contributed by atoms with Gasteiger partial charge in [-0.05, 0) is 74.2 Å². The minimum atomic E-state index is 0.858. The minimum absolute atomic E-state index is 0.858. The van der Waals surface area contributed by atoms with Crippen molar-refractivity contribution in [1.82, 2.24) is 0 Å². The number of nitrogens with zero attached hydrogens (tertiary/aromatic N) is 4. The Morgan fingerprint density at radius 2 is 0.800 bits per heavy atom. The molecule has 2 aromatic carbocycles. The van der Waals surface area contributed by atoms with E-state index in [1.54, 1.807) is 0 Å². The lowest BCUT2D eigenvalue weighted by Crippen LogP contribution is -2.32. The average Bonchev–Trinajstić information content (AvgIpc) is 3.01. The van der Waals surface area contributed by atoms with Crippen LogP contribution < -0.4 is 19.8 Å². The molecule has 6 nitrogen and oxygen atoms in total. The molecule has 0 aliphatic heterocycles. The van der Waals surface area contributed by atoms with E-state index in [4.69, 9.17) is 0 Å². The molecule has 0 aliphatic rings. The first-order valence-electron chi connectivity index (χ1n) is 14.8. The molecule has 0 saturated heterocycles. The van der Waals surface area contributed by atoms with Crippen LogP contribution in [0, 0.1) is 0 Å². The van der Waals surface area contributed by atoms with Crippen LogP contribution in [-0.2, 0) is 13.1 Å². The molecule has 0 bridgehead atoms. The van der Waals surface area contributed by atoms with Gasteiger partial charge < -0.3 is 10.6 Å². The van der Waals surface area contributed by atoms with Gasteiger partial charge in [-0.25, -0.2) is 9.13 Å². The van der Waals surface area contributed by atoms with Crippen molar-refractivity contribution in [2.45, 2.75) is 64.5 Å². The van der Waals surface area contributed by atoms with Crippen LogP contribution in [-0.4, -0.2) is 13.1 Å². The third-order valence-corrected chi connectivity index (χ3v) is 6.91. The molecule has 0 unspecified atom stereocenters. The van der Waals surface area contributed by atoms with Crippen LogP contribution in [0.25, 0.3) is 0 Å². The SMILES string of the molecule is c1cc[n+](CCCCCCNc2ccc(N=Nc3ccc(NCCCCCC[n+]4ccccc4)cc3)cc2)cc1. The van der Waals surface area contributed by atoms with Crippen molar-refractivity contribution in [2.75, 3.05) is 23.7 Å². The van der Waals surface area contributed by atoms with E-state index < -0.39 is 0 Å². The smallest absolute Gasteiger partial charge is 0.168 e. The molecule has 40 heavy (non-hydrogen) atoms. The van der Waals surface area contributed by atoms with Gasteiger partial charge in [-0.15, -0.1) is 0 Å². The van der Waals surface area contributed by atoms with Gasteiger partial charge in [0.25, 0.3) is 0 Å². The normalized spacial score (nSPS) is 11.1. The van der Waals surface area contributed by atoms with Crippen molar-refractivity contribution in [2.24, 2.45) is 10.2 Å². The number of aryl methyl sites for hydroxylation is 2. The number of unbranched alkanes of at least 4 members (excludes halogenated alkanes) is 6. The van der Waals surface area contributed by atoms with Gasteiger partial charge in [0.1, 0.15) is 13.1 Å². The fraction of sp³-hybridized carbons (Fsp3) is 0.353. The molecular weight excluding hydrogens is 492 g/mol. The Bertz CT molecular complexity index is 1130. The largest absolute Gasteiger partial charge is 0.385 e. The summed E-state index contributed by atoms with van der Waals surface area (Å²) in [5, 5.41) is 15.8. The van der Waals surface area contributed by atoms with Crippen molar-refractivity contribution < 1.29 is 9.13 Å². The van der Waals surface area contributed by atoms with Gasteiger partial charge in [0.2, 0.25) is 0 Å². The average molecular weight is 537 g/mol. The van der Waals surface area contributed by atoms with E-state index in [0.717, 1.165) is 48.9 Å². The van der Waals surface area contributed by atoms with E-state index in [-0.39, 0.29) is 0 Å². The second-order valence-electron chi connectivity index (χ2n) is 10.2. The van der Waals surface area contributed by atoms with Gasteiger partial charge in [0.05, 0.1) is 11.4 Å². The number of aromatic nitrogens is 2. The number of pyridine rings is 2. The number of benzene rings is 2.